The standard InChI is InChI=1S/C34H43BrN9O2P/c1-22-7-8-28(32(23(22)2)47(5,6)45)39-33-27(35)19-37-34(41-33)40-29-15-26(25-18-38-42(3)21-25)30(16-31(29)46-4)44-13-11-43(12-14-44)20-24-9-10-36-17-24/h7-8,15-19,21,36H,9-14,20H2,1-6H3,(H2,37,39,40,41). The molecule has 2 aliphatic heterocycles. The van der Waals surface area contributed by atoms with Crippen molar-refractivity contribution in [1.82, 2.24) is 30.0 Å². The summed E-state index contributed by atoms with van der Waals surface area (Å²) in [4.78, 5) is 14.3. The summed E-state index contributed by atoms with van der Waals surface area (Å²) >= 11 is 3.60. The Morgan fingerprint density at radius 1 is 1.06 bits per heavy atom. The van der Waals surface area contributed by atoms with Crippen LogP contribution in [0.1, 0.15) is 17.5 Å². The number of hydrogen-bond donors (Lipinski definition) is 3. The van der Waals surface area contributed by atoms with Crippen LogP contribution in [0.3, 0.4) is 0 Å². The molecule has 2 aliphatic rings. The largest absolute Gasteiger partial charge is 0.494 e. The summed E-state index contributed by atoms with van der Waals surface area (Å²) < 4.78 is 21.8. The van der Waals surface area contributed by atoms with Crippen LogP contribution in [0, 0.1) is 13.8 Å². The highest BCUT2D eigenvalue weighted by atomic mass is 79.9. The summed E-state index contributed by atoms with van der Waals surface area (Å²) in [5.41, 5.74) is 8.27. The molecule has 0 aliphatic carbocycles. The molecule has 3 N–H and O–H groups in total. The molecule has 0 amide bonds. The van der Waals surface area contributed by atoms with E-state index in [0.717, 1.165) is 90.3 Å². The molecule has 2 aromatic heterocycles. The number of nitrogens with one attached hydrogen (secondary N) is 3. The molecule has 0 saturated carbocycles. The molecule has 0 radical (unpaired) electrons. The van der Waals surface area contributed by atoms with Crippen LogP contribution in [0.5, 0.6) is 5.75 Å². The maximum absolute atomic E-state index is 13.3. The lowest BCUT2D eigenvalue weighted by Crippen LogP contribution is -2.47. The molecule has 0 atom stereocenters. The van der Waals surface area contributed by atoms with Gasteiger partial charge in [0.15, 0.2) is 0 Å². The Balaban J connectivity index is 1.30. The summed E-state index contributed by atoms with van der Waals surface area (Å²) in [5, 5.41) is 15.5. The normalized spacial score (nSPS) is 15.4. The van der Waals surface area contributed by atoms with Crippen LogP contribution in [-0.4, -0.2) is 84.4 Å². The van der Waals surface area contributed by atoms with Gasteiger partial charge in [-0.3, -0.25) is 9.58 Å². The first-order chi connectivity index (χ1) is 22.5. The first kappa shape index (κ1) is 33.1. The first-order valence-electron chi connectivity index (χ1n) is 15.8. The van der Waals surface area contributed by atoms with Crippen molar-refractivity contribution in [2.24, 2.45) is 7.05 Å². The van der Waals surface area contributed by atoms with Crippen molar-refractivity contribution in [3.05, 3.63) is 70.2 Å². The Hall–Kier alpha value is -3.86. The van der Waals surface area contributed by atoms with Crippen molar-refractivity contribution in [2.75, 3.05) is 75.2 Å². The van der Waals surface area contributed by atoms with E-state index in [1.807, 2.05) is 50.1 Å². The number of halogens is 1. The second-order valence-electron chi connectivity index (χ2n) is 12.6. The van der Waals surface area contributed by atoms with Crippen LogP contribution in [-0.2, 0) is 11.6 Å². The van der Waals surface area contributed by atoms with E-state index in [4.69, 9.17) is 9.72 Å². The monoisotopic (exact) mass is 719 g/mol. The Morgan fingerprint density at radius 3 is 2.51 bits per heavy atom. The average molecular weight is 721 g/mol. The van der Waals surface area contributed by atoms with Gasteiger partial charge >= 0.3 is 0 Å². The Labute approximate surface area is 285 Å². The summed E-state index contributed by atoms with van der Waals surface area (Å²) in [7, 11) is 1.03. The molecule has 0 unspecified atom stereocenters. The van der Waals surface area contributed by atoms with Gasteiger partial charge in [0.2, 0.25) is 5.95 Å². The topological polar surface area (TPSA) is 112 Å². The van der Waals surface area contributed by atoms with Crippen LogP contribution in [0.25, 0.3) is 11.1 Å². The van der Waals surface area contributed by atoms with Gasteiger partial charge in [0.25, 0.3) is 0 Å². The molecule has 13 heteroatoms. The van der Waals surface area contributed by atoms with E-state index in [2.05, 4.69) is 70.1 Å². The fourth-order valence-electron chi connectivity index (χ4n) is 6.33. The molecule has 1 saturated heterocycles. The molecule has 1 fully saturated rings. The summed E-state index contributed by atoms with van der Waals surface area (Å²) in [6, 6.07) is 8.19. The average Bonchev–Trinajstić information content (AvgIpc) is 3.72. The molecule has 6 rings (SSSR count). The third-order valence-electron chi connectivity index (χ3n) is 8.85. The van der Waals surface area contributed by atoms with Gasteiger partial charge in [-0.15, -0.1) is 0 Å². The number of anilines is 5. The Bertz CT molecular complexity index is 1860. The van der Waals surface area contributed by atoms with Crippen LogP contribution in [0.2, 0.25) is 0 Å². The molecule has 248 valence electrons. The van der Waals surface area contributed by atoms with Crippen molar-refractivity contribution in [3.8, 4) is 16.9 Å². The minimum atomic E-state index is -2.58. The number of rotatable bonds is 10. The van der Waals surface area contributed by atoms with E-state index in [0.29, 0.717) is 22.0 Å². The molecule has 0 spiro atoms. The fourth-order valence-corrected chi connectivity index (χ4v) is 8.31. The van der Waals surface area contributed by atoms with E-state index in [1.165, 1.54) is 5.57 Å². The third-order valence-corrected chi connectivity index (χ3v) is 11.1. The van der Waals surface area contributed by atoms with Crippen molar-refractivity contribution < 1.29 is 9.30 Å². The minimum absolute atomic E-state index is 0.393. The molecule has 4 aromatic rings. The van der Waals surface area contributed by atoms with Crippen molar-refractivity contribution in [3.63, 3.8) is 0 Å². The lowest BCUT2D eigenvalue weighted by molar-refractivity contribution is 0.277. The number of aryl methyl sites for hydroxylation is 2. The number of benzene rings is 2. The van der Waals surface area contributed by atoms with Crippen LogP contribution < -0.4 is 30.9 Å². The molecule has 4 heterocycles. The zero-order chi connectivity index (χ0) is 33.3. The van der Waals surface area contributed by atoms with E-state index < -0.39 is 7.14 Å². The predicted molar refractivity (Wildman–Crippen MR) is 196 cm³/mol. The highest BCUT2D eigenvalue weighted by molar-refractivity contribution is 9.10. The van der Waals surface area contributed by atoms with Crippen LogP contribution in [0.4, 0.5) is 28.8 Å². The van der Waals surface area contributed by atoms with Gasteiger partial charge in [-0.25, -0.2) is 4.98 Å². The Morgan fingerprint density at radius 2 is 1.85 bits per heavy atom. The number of methoxy groups -OCH3 is 1. The summed E-state index contributed by atoms with van der Waals surface area (Å²) in [6.07, 6.45) is 8.93. The van der Waals surface area contributed by atoms with Gasteiger partial charge in [-0.05, 0) is 84.6 Å². The smallest absolute Gasteiger partial charge is 0.229 e. The fraction of sp³-hybridized carbons (Fsp3) is 0.382. The zero-order valence-corrected chi connectivity index (χ0v) is 30.4. The lowest BCUT2D eigenvalue weighted by atomic mass is 10.0. The number of hydrogen-bond acceptors (Lipinski definition) is 10. The second kappa shape index (κ2) is 13.7. The molecular formula is C34H43BrN9O2P. The zero-order valence-electron chi connectivity index (χ0n) is 27.9. The summed E-state index contributed by atoms with van der Waals surface area (Å²) in [6.45, 7) is 13.5. The Kier molecular flexibility index (Phi) is 9.64. The predicted octanol–water partition coefficient (Wildman–Crippen LogP) is 6.00. The van der Waals surface area contributed by atoms with Crippen LogP contribution in [0.15, 0.2) is 59.1 Å². The van der Waals surface area contributed by atoms with Crippen LogP contribution >= 0.6 is 23.1 Å². The second-order valence-corrected chi connectivity index (χ2v) is 16.6. The van der Waals surface area contributed by atoms with Gasteiger partial charge in [0.1, 0.15) is 18.7 Å². The highest BCUT2D eigenvalue weighted by Gasteiger charge is 2.25. The van der Waals surface area contributed by atoms with Crippen molar-refractivity contribution in [1.29, 1.82) is 0 Å². The quantitative estimate of drug-likeness (QED) is 0.169. The highest BCUT2D eigenvalue weighted by Crippen LogP contribution is 2.42. The van der Waals surface area contributed by atoms with Gasteiger partial charge in [0, 0.05) is 86.9 Å². The van der Waals surface area contributed by atoms with E-state index in [1.54, 1.807) is 26.6 Å². The molecule has 11 nitrogen and oxygen atoms in total. The third kappa shape index (κ3) is 7.35. The number of nitrogens with zero attached hydrogens (tertiary/aromatic N) is 6. The first-order valence-corrected chi connectivity index (χ1v) is 19.2. The van der Waals surface area contributed by atoms with E-state index >= 15 is 0 Å². The number of aromatic nitrogens is 4. The van der Waals surface area contributed by atoms with Crippen molar-refractivity contribution in [2.45, 2.75) is 20.3 Å². The van der Waals surface area contributed by atoms with Gasteiger partial charge < -0.3 is 30.2 Å². The number of ether oxygens (including phenoxy) is 1. The van der Waals surface area contributed by atoms with E-state index in [-0.39, 0.29) is 0 Å². The van der Waals surface area contributed by atoms with Crippen molar-refractivity contribution >= 4 is 57.2 Å². The maximum Gasteiger partial charge on any atom is 0.229 e. The molecule has 0 bridgehead atoms. The molecule has 47 heavy (non-hydrogen) atoms. The van der Waals surface area contributed by atoms with Gasteiger partial charge in [-0.2, -0.15) is 10.1 Å². The van der Waals surface area contributed by atoms with Gasteiger partial charge in [-0.1, -0.05) is 6.07 Å². The minimum Gasteiger partial charge on any atom is -0.494 e. The summed E-state index contributed by atoms with van der Waals surface area (Å²) in [5.74, 6) is 1.64. The van der Waals surface area contributed by atoms with E-state index in [9.17, 15) is 4.57 Å². The maximum atomic E-state index is 13.3. The van der Waals surface area contributed by atoms with Gasteiger partial charge in [0.05, 0.1) is 29.2 Å². The lowest BCUT2D eigenvalue weighted by Gasteiger charge is -2.37. The SMILES string of the molecule is COc1cc(N2CCN(CC3=CNCC3)CC2)c(-c2cnn(C)c2)cc1Nc1ncc(Br)c(Nc2ccc(C)c(C)c2P(C)(C)=O)n1. The number of piperazine rings is 1. The molecular weight excluding hydrogens is 677 g/mol. The molecule has 2 aromatic carbocycles.